The van der Waals surface area contributed by atoms with Crippen molar-refractivity contribution in [1.82, 2.24) is 0 Å². The molecular formula is C52H32. The van der Waals surface area contributed by atoms with Crippen LogP contribution in [0.3, 0.4) is 0 Å². The molecule has 0 heterocycles. The maximum absolute atomic E-state index is 2.46. The summed E-state index contributed by atoms with van der Waals surface area (Å²) in [4.78, 5) is 0. The number of hydrogen-bond acceptors (Lipinski definition) is 0. The molecule has 11 aromatic carbocycles. The molecule has 0 aliphatic carbocycles. The van der Waals surface area contributed by atoms with Crippen molar-refractivity contribution >= 4 is 75.4 Å². The topological polar surface area (TPSA) is 0 Å². The van der Waals surface area contributed by atoms with Gasteiger partial charge in [0.1, 0.15) is 0 Å². The molecule has 0 unspecified atom stereocenters. The van der Waals surface area contributed by atoms with Gasteiger partial charge in [-0.2, -0.15) is 0 Å². The molecule has 0 bridgehead atoms. The molecule has 11 rings (SSSR count). The second kappa shape index (κ2) is 11.4. The van der Waals surface area contributed by atoms with Gasteiger partial charge in [0, 0.05) is 0 Å². The fourth-order valence-electron chi connectivity index (χ4n) is 8.77. The van der Waals surface area contributed by atoms with E-state index in [2.05, 4.69) is 194 Å². The van der Waals surface area contributed by atoms with Crippen LogP contribution in [-0.4, -0.2) is 0 Å². The highest BCUT2D eigenvalue weighted by Gasteiger charge is 2.19. The molecule has 240 valence electrons. The molecule has 0 heteroatoms. The summed E-state index contributed by atoms with van der Waals surface area (Å²) in [5, 5.41) is 17.7. The summed E-state index contributed by atoms with van der Waals surface area (Å²) in [6.07, 6.45) is 0. The van der Waals surface area contributed by atoms with E-state index in [-0.39, 0.29) is 0 Å². The van der Waals surface area contributed by atoms with Gasteiger partial charge in [-0.15, -0.1) is 0 Å². The van der Waals surface area contributed by atoms with Crippen molar-refractivity contribution < 1.29 is 0 Å². The Morgan fingerprint density at radius 3 is 1.56 bits per heavy atom. The van der Waals surface area contributed by atoms with Crippen molar-refractivity contribution in [3.8, 4) is 33.4 Å². The Balaban J connectivity index is 1.25. The number of hydrogen-bond donors (Lipinski definition) is 0. The first-order valence-corrected chi connectivity index (χ1v) is 18.1. The largest absolute Gasteiger partial charge is 0.0616 e. The molecule has 0 saturated heterocycles. The van der Waals surface area contributed by atoms with E-state index in [1.165, 1.54) is 109 Å². The minimum atomic E-state index is 1.22. The maximum Gasteiger partial charge on any atom is -0.00199 e. The standard InChI is InChI=1S/C52H32/c1-2-13-35-30-40(24-23-33(35)11-1)51-46-18-7-8-19-47(46)52(45-22-9-16-34-12-5-6-17-41(34)45)50-32-39(26-28-48(50)51)42-20-10-21-43-44(42)27-25-38-29-36-14-3-4-15-37(36)31-49(38)43/h1-32H. The lowest BCUT2D eigenvalue weighted by Crippen LogP contribution is -1.93. The third-order valence-electron chi connectivity index (χ3n) is 11.2. The Labute approximate surface area is 301 Å². The number of benzene rings is 11. The highest BCUT2D eigenvalue weighted by molar-refractivity contribution is 6.25. The van der Waals surface area contributed by atoms with E-state index < -0.39 is 0 Å². The average Bonchev–Trinajstić information content (AvgIpc) is 3.21. The van der Waals surface area contributed by atoms with Gasteiger partial charge in [-0.05, 0) is 133 Å². The molecular weight excluding hydrogens is 625 g/mol. The summed E-state index contributed by atoms with van der Waals surface area (Å²) in [6.45, 7) is 0. The minimum Gasteiger partial charge on any atom is -0.0616 e. The molecule has 0 aromatic heterocycles. The van der Waals surface area contributed by atoms with Gasteiger partial charge in [-0.25, -0.2) is 0 Å². The first kappa shape index (κ1) is 29.0. The molecule has 0 atom stereocenters. The highest BCUT2D eigenvalue weighted by Crippen LogP contribution is 2.47. The van der Waals surface area contributed by atoms with Crippen LogP contribution in [0.4, 0.5) is 0 Å². The predicted molar refractivity (Wildman–Crippen MR) is 225 cm³/mol. The minimum absolute atomic E-state index is 1.22. The Morgan fingerprint density at radius 1 is 0.192 bits per heavy atom. The van der Waals surface area contributed by atoms with Gasteiger partial charge in [-0.1, -0.05) is 170 Å². The fourth-order valence-corrected chi connectivity index (χ4v) is 8.77. The zero-order valence-electron chi connectivity index (χ0n) is 28.5. The predicted octanol–water partition coefficient (Wildman–Crippen LogP) is 14.8. The molecule has 0 aliphatic rings. The lowest BCUT2D eigenvalue weighted by molar-refractivity contribution is 1.67. The lowest BCUT2D eigenvalue weighted by Gasteiger charge is -2.20. The quantitative estimate of drug-likeness (QED) is 0.131. The van der Waals surface area contributed by atoms with Crippen molar-refractivity contribution in [3.63, 3.8) is 0 Å². The van der Waals surface area contributed by atoms with Crippen LogP contribution in [0.2, 0.25) is 0 Å². The molecule has 0 N–H and O–H groups in total. The Morgan fingerprint density at radius 2 is 0.731 bits per heavy atom. The smallest absolute Gasteiger partial charge is 0.00199 e. The number of fused-ring (bicyclic) bond motifs is 8. The molecule has 0 aliphatic heterocycles. The first-order chi connectivity index (χ1) is 25.8. The highest BCUT2D eigenvalue weighted by atomic mass is 14.2. The van der Waals surface area contributed by atoms with E-state index >= 15 is 0 Å². The van der Waals surface area contributed by atoms with Gasteiger partial charge >= 0.3 is 0 Å². The van der Waals surface area contributed by atoms with Gasteiger partial charge in [0.25, 0.3) is 0 Å². The van der Waals surface area contributed by atoms with Crippen LogP contribution in [0, 0.1) is 0 Å². The summed E-state index contributed by atoms with van der Waals surface area (Å²) in [6, 6.07) is 72.1. The van der Waals surface area contributed by atoms with Gasteiger partial charge in [0.05, 0.1) is 0 Å². The SMILES string of the molecule is c1ccc2cc(-c3c4ccccc4c(-c4cccc5ccccc45)c4cc(-c5cccc6c5ccc5cc7ccccc7cc56)ccc34)ccc2c1. The van der Waals surface area contributed by atoms with E-state index in [0.717, 1.165) is 0 Å². The average molecular weight is 657 g/mol. The lowest BCUT2D eigenvalue weighted by atomic mass is 9.83. The normalized spacial score (nSPS) is 11.8. The Kier molecular flexibility index (Phi) is 6.35. The maximum atomic E-state index is 2.46. The Hall–Kier alpha value is -6.76. The van der Waals surface area contributed by atoms with Crippen LogP contribution in [-0.2, 0) is 0 Å². The van der Waals surface area contributed by atoms with Crippen molar-refractivity contribution in [3.05, 3.63) is 194 Å². The summed E-state index contributed by atoms with van der Waals surface area (Å²) in [5.74, 6) is 0. The van der Waals surface area contributed by atoms with Crippen LogP contribution in [0.15, 0.2) is 194 Å². The van der Waals surface area contributed by atoms with Crippen molar-refractivity contribution in [2.75, 3.05) is 0 Å². The third-order valence-corrected chi connectivity index (χ3v) is 11.2. The monoisotopic (exact) mass is 656 g/mol. The van der Waals surface area contributed by atoms with Gasteiger partial charge in [-0.3, -0.25) is 0 Å². The zero-order chi connectivity index (χ0) is 34.2. The summed E-state index contributed by atoms with van der Waals surface area (Å²) in [5.41, 5.74) is 7.53. The van der Waals surface area contributed by atoms with Crippen LogP contribution in [0.1, 0.15) is 0 Å². The summed E-state index contributed by atoms with van der Waals surface area (Å²) in [7, 11) is 0. The van der Waals surface area contributed by atoms with Crippen LogP contribution < -0.4 is 0 Å². The van der Waals surface area contributed by atoms with E-state index in [4.69, 9.17) is 0 Å². The van der Waals surface area contributed by atoms with Crippen molar-refractivity contribution in [1.29, 1.82) is 0 Å². The molecule has 0 spiro atoms. The van der Waals surface area contributed by atoms with Gasteiger partial charge in [0.15, 0.2) is 0 Å². The molecule has 0 nitrogen and oxygen atoms in total. The Bertz CT molecular complexity index is 3230. The molecule has 0 amide bonds. The van der Waals surface area contributed by atoms with Crippen LogP contribution in [0.5, 0.6) is 0 Å². The molecule has 0 fully saturated rings. The summed E-state index contributed by atoms with van der Waals surface area (Å²) >= 11 is 0. The van der Waals surface area contributed by atoms with E-state index in [1.807, 2.05) is 0 Å². The zero-order valence-corrected chi connectivity index (χ0v) is 28.5. The molecule has 11 aromatic rings. The van der Waals surface area contributed by atoms with Gasteiger partial charge < -0.3 is 0 Å². The van der Waals surface area contributed by atoms with E-state index in [1.54, 1.807) is 0 Å². The summed E-state index contributed by atoms with van der Waals surface area (Å²) < 4.78 is 0. The van der Waals surface area contributed by atoms with E-state index in [9.17, 15) is 0 Å². The second-order valence-corrected chi connectivity index (χ2v) is 14.0. The van der Waals surface area contributed by atoms with E-state index in [0.29, 0.717) is 0 Å². The third kappa shape index (κ3) is 4.41. The van der Waals surface area contributed by atoms with Crippen molar-refractivity contribution in [2.24, 2.45) is 0 Å². The second-order valence-electron chi connectivity index (χ2n) is 14.0. The van der Waals surface area contributed by atoms with Crippen LogP contribution >= 0.6 is 0 Å². The molecule has 0 saturated carbocycles. The van der Waals surface area contributed by atoms with Crippen molar-refractivity contribution in [2.45, 2.75) is 0 Å². The van der Waals surface area contributed by atoms with Crippen LogP contribution in [0.25, 0.3) is 109 Å². The number of rotatable bonds is 3. The van der Waals surface area contributed by atoms with Gasteiger partial charge in [0.2, 0.25) is 0 Å². The molecule has 0 radical (unpaired) electrons. The fraction of sp³-hybridized carbons (Fsp3) is 0. The molecule has 52 heavy (non-hydrogen) atoms. The first-order valence-electron chi connectivity index (χ1n) is 18.1.